The van der Waals surface area contributed by atoms with Gasteiger partial charge < -0.3 is 25.1 Å². The molecule has 0 aliphatic carbocycles. The van der Waals surface area contributed by atoms with Gasteiger partial charge in [0.25, 0.3) is 5.91 Å². The Kier molecular flexibility index (Phi) is 9.99. The number of benzene rings is 2. The monoisotopic (exact) mass is 549 g/mol. The van der Waals surface area contributed by atoms with Crippen LogP contribution in [0.4, 0.5) is 0 Å². The summed E-state index contributed by atoms with van der Waals surface area (Å²) in [6.07, 6.45) is 1.63. The molecule has 0 atom stereocenters. The smallest absolute Gasteiger partial charge is 0.251 e. The van der Waals surface area contributed by atoms with E-state index in [9.17, 15) is 4.79 Å². The van der Waals surface area contributed by atoms with Gasteiger partial charge in [0.15, 0.2) is 5.96 Å². The molecular weight excluding hydrogens is 521 g/mol. The Morgan fingerprint density at radius 3 is 2.38 bits per heavy atom. The summed E-state index contributed by atoms with van der Waals surface area (Å²) in [5.74, 6) is 1.77. The van der Waals surface area contributed by atoms with E-state index in [1.54, 1.807) is 44.7 Å². The van der Waals surface area contributed by atoms with E-state index in [0.717, 1.165) is 11.3 Å². The number of hydrogen-bond donors (Lipinski definition) is 3. The predicted octanol–water partition coefficient (Wildman–Crippen LogP) is 3.37. The van der Waals surface area contributed by atoms with E-state index in [1.165, 1.54) is 5.56 Å². The standard InChI is InChI=1S/C23H27N5O3.HI/c1-16-4-6-18(7-5-16)22-28-19(15-31-22)14-27-23(24-2)26-13-12-25-21(29)17-8-10-20(30-3)11-9-17;/h4-11,15H,12-14H2,1-3H3,(H,25,29)(H2,24,26,27);1H. The molecule has 0 bridgehead atoms. The number of ether oxygens (including phenoxy) is 1. The van der Waals surface area contributed by atoms with Gasteiger partial charge in [-0.05, 0) is 43.3 Å². The number of amides is 1. The number of aryl methyl sites for hydroxylation is 1. The Morgan fingerprint density at radius 2 is 1.72 bits per heavy atom. The number of hydrogen-bond acceptors (Lipinski definition) is 5. The highest BCUT2D eigenvalue weighted by Gasteiger charge is 2.08. The summed E-state index contributed by atoms with van der Waals surface area (Å²) in [5.41, 5.74) is 3.48. The lowest BCUT2D eigenvalue weighted by atomic mass is 10.1. The zero-order valence-electron chi connectivity index (χ0n) is 18.3. The van der Waals surface area contributed by atoms with Gasteiger partial charge in [0.1, 0.15) is 12.0 Å². The number of aliphatic imine (C=N–C) groups is 1. The fourth-order valence-electron chi connectivity index (χ4n) is 2.81. The van der Waals surface area contributed by atoms with Crippen LogP contribution < -0.4 is 20.7 Å². The van der Waals surface area contributed by atoms with Crippen molar-refractivity contribution in [3.8, 4) is 17.2 Å². The number of rotatable bonds is 8. The van der Waals surface area contributed by atoms with Crippen molar-refractivity contribution >= 4 is 35.8 Å². The summed E-state index contributed by atoms with van der Waals surface area (Å²) in [5, 5.41) is 9.20. The maximum atomic E-state index is 12.2. The molecule has 3 aromatic rings. The number of aromatic nitrogens is 1. The molecular formula is C23H28IN5O3. The Hall–Kier alpha value is -3.08. The van der Waals surface area contributed by atoms with Gasteiger partial charge in [0.05, 0.1) is 19.3 Å². The largest absolute Gasteiger partial charge is 0.497 e. The lowest BCUT2D eigenvalue weighted by molar-refractivity contribution is 0.0954. The molecule has 8 nitrogen and oxygen atoms in total. The predicted molar refractivity (Wildman–Crippen MR) is 136 cm³/mol. The van der Waals surface area contributed by atoms with Crippen LogP contribution in [0.3, 0.4) is 0 Å². The molecule has 32 heavy (non-hydrogen) atoms. The number of methoxy groups -OCH3 is 1. The van der Waals surface area contributed by atoms with E-state index in [-0.39, 0.29) is 29.9 Å². The Morgan fingerprint density at radius 1 is 1.03 bits per heavy atom. The van der Waals surface area contributed by atoms with Crippen LogP contribution in [0.5, 0.6) is 5.75 Å². The third-order valence-corrected chi connectivity index (χ3v) is 4.57. The fourth-order valence-corrected chi connectivity index (χ4v) is 2.81. The minimum absolute atomic E-state index is 0. The molecule has 3 rings (SSSR count). The van der Waals surface area contributed by atoms with Crippen LogP contribution >= 0.6 is 24.0 Å². The van der Waals surface area contributed by atoms with E-state index in [2.05, 4.69) is 25.9 Å². The first-order valence-electron chi connectivity index (χ1n) is 9.97. The molecule has 2 aromatic carbocycles. The Bertz CT molecular complexity index is 1020. The molecule has 0 saturated heterocycles. The van der Waals surface area contributed by atoms with Crippen molar-refractivity contribution in [3.63, 3.8) is 0 Å². The van der Waals surface area contributed by atoms with Crippen LogP contribution in [0.2, 0.25) is 0 Å². The average molecular weight is 549 g/mol. The molecule has 0 unspecified atom stereocenters. The van der Waals surface area contributed by atoms with Crippen LogP contribution in [0.15, 0.2) is 64.2 Å². The lowest BCUT2D eigenvalue weighted by Gasteiger charge is -2.11. The molecule has 9 heteroatoms. The molecule has 0 saturated carbocycles. The van der Waals surface area contributed by atoms with Crippen molar-refractivity contribution < 1.29 is 13.9 Å². The van der Waals surface area contributed by atoms with Crippen molar-refractivity contribution in [1.82, 2.24) is 20.9 Å². The van der Waals surface area contributed by atoms with Crippen molar-refractivity contribution in [1.29, 1.82) is 0 Å². The summed E-state index contributed by atoms with van der Waals surface area (Å²) >= 11 is 0. The van der Waals surface area contributed by atoms with Crippen molar-refractivity contribution in [2.45, 2.75) is 13.5 Å². The summed E-state index contributed by atoms with van der Waals surface area (Å²) in [6, 6.07) is 15.0. The van der Waals surface area contributed by atoms with Crippen LogP contribution in [-0.4, -0.2) is 44.1 Å². The lowest BCUT2D eigenvalue weighted by Crippen LogP contribution is -2.41. The van der Waals surface area contributed by atoms with Crippen molar-refractivity contribution in [3.05, 3.63) is 71.6 Å². The first kappa shape index (κ1) is 25.2. The average Bonchev–Trinajstić information content (AvgIpc) is 3.28. The molecule has 1 heterocycles. The van der Waals surface area contributed by atoms with Gasteiger partial charge in [-0.2, -0.15) is 0 Å². The second-order valence-electron chi connectivity index (χ2n) is 6.85. The molecule has 0 fully saturated rings. The second kappa shape index (κ2) is 12.7. The highest BCUT2D eigenvalue weighted by molar-refractivity contribution is 14.0. The fraction of sp³-hybridized carbons (Fsp3) is 0.261. The molecule has 0 spiro atoms. The summed E-state index contributed by atoms with van der Waals surface area (Å²) in [7, 11) is 3.28. The number of nitrogens with zero attached hydrogens (tertiary/aromatic N) is 2. The molecule has 0 aliphatic heterocycles. The zero-order valence-corrected chi connectivity index (χ0v) is 20.7. The van der Waals surface area contributed by atoms with E-state index in [0.29, 0.717) is 42.8 Å². The summed E-state index contributed by atoms with van der Waals surface area (Å²) in [4.78, 5) is 20.8. The highest BCUT2D eigenvalue weighted by atomic mass is 127. The molecule has 0 aliphatic rings. The number of carbonyl (C=O) groups excluding carboxylic acids is 1. The SMILES string of the molecule is CN=C(NCCNC(=O)c1ccc(OC)cc1)NCc1coc(-c2ccc(C)cc2)n1.I. The topological polar surface area (TPSA) is 101 Å². The number of guanidine groups is 1. The van der Waals surface area contributed by atoms with E-state index < -0.39 is 0 Å². The van der Waals surface area contributed by atoms with Gasteiger partial charge in [0, 0.05) is 31.3 Å². The Balaban J connectivity index is 0.00000363. The summed E-state index contributed by atoms with van der Waals surface area (Å²) < 4.78 is 10.7. The van der Waals surface area contributed by atoms with Gasteiger partial charge in [-0.25, -0.2) is 4.98 Å². The Labute approximate surface area is 204 Å². The van der Waals surface area contributed by atoms with E-state index in [4.69, 9.17) is 9.15 Å². The van der Waals surface area contributed by atoms with Crippen LogP contribution in [0.1, 0.15) is 21.6 Å². The van der Waals surface area contributed by atoms with Crippen molar-refractivity contribution in [2.75, 3.05) is 27.2 Å². The van der Waals surface area contributed by atoms with Gasteiger partial charge in [-0.15, -0.1) is 24.0 Å². The number of halogens is 1. The number of oxazole rings is 1. The van der Waals surface area contributed by atoms with Crippen LogP contribution in [0.25, 0.3) is 11.5 Å². The molecule has 1 aromatic heterocycles. The maximum absolute atomic E-state index is 12.2. The molecule has 0 radical (unpaired) electrons. The minimum atomic E-state index is -0.140. The van der Waals surface area contributed by atoms with Gasteiger partial charge in [0.2, 0.25) is 5.89 Å². The zero-order chi connectivity index (χ0) is 22.1. The van der Waals surface area contributed by atoms with Gasteiger partial charge in [-0.3, -0.25) is 9.79 Å². The summed E-state index contributed by atoms with van der Waals surface area (Å²) in [6.45, 7) is 3.48. The normalized spacial score (nSPS) is 10.8. The van der Waals surface area contributed by atoms with Crippen LogP contribution in [0, 0.1) is 6.92 Å². The van der Waals surface area contributed by atoms with Crippen LogP contribution in [-0.2, 0) is 6.54 Å². The van der Waals surface area contributed by atoms with Crippen molar-refractivity contribution in [2.24, 2.45) is 4.99 Å². The maximum Gasteiger partial charge on any atom is 0.251 e. The van der Waals surface area contributed by atoms with E-state index >= 15 is 0 Å². The third-order valence-electron chi connectivity index (χ3n) is 4.57. The molecule has 170 valence electrons. The number of carbonyl (C=O) groups is 1. The van der Waals surface area contributed by atoms with Gasteiger partial charge in [-0.1, -0.05) is 17.7 Å². The second-order valence-corrected chi connectivity index (χ2v) is 6.85. The minimum Gasteiger partial charge on any atom is -0.497 e. The van der Waals surface area contributed by atoms with Gasteiger partial charge >= 0.3 is 0 Å². The molecule has 3 N–H and O–H groups in total. The quantitative estimate of drug-likeness (QED) is 0.173. The van der Waals surface area contributed by atoms with E-state index in [1.807, 2.05) is 31.2 Å². The first-order valence-corrected chi connectivity index (χ1v) is 9.97. The first-order chi connectivity index (χ1) is 15.1. The third kappa shape index (κ3) is 7.26. The molecule has 1 amide bonds. The number of nitrogens with one attached hydrogen (secondary N) is 3. The highest BCUT2D eigenvalue weighted by Crippen LogP contribution is 2.19.